The lowest BCUT2D eigenvalue weighted by Crippen LogP contribution is -2.24. The molecule has 118 valence electrons. The summed E-state index contributed by atoms with van der Waals surface area (Å²) < 4.78 is 8.12. The number of hydrogen-bond donors (Lipinski definition) is 1. The molecule has 0 atom stereocenters. The van der Waals surface area contributed by atoms with Crippen molar-refractivity contribution < 1.29 is 9.53 Å². The Bertz CT molecular complexity index is 667. The first-order valence-corrected chi connectivity index (χ1v) is 7.90. The van der Waals surface area contributed by atoms with Gasteiger partial charge in [-0.1, -0.05) is 18.2 Å². The maximum atomic E-state index is 12.0. The summed E-state index contributed by atoms with van der Waals surface area (Å²) in [6.07, 6.45) is 0.392. The summed E-state index contributed by atoms with van der Waals surface area (Å²) in [5.74, 6) is 0.778. The van der Waals surface area contributed by atoms with E-state index in [0.29, 0.717) is 19.5 Å². The van der Waals surface area contributed by atoms with Crippen molar-refractivity contribution in [3.8, 4) is 5.75 Å². The molecule has 0 aliphatic heterocycles. The first kappa shape index (κ1) is 16.5. The van der Waals surface area contributed by atoms with Crippen molar-refractivity contribution in [3.05, 3.63) is 45.7 Å². The van der Waals surface area contributed by atoms with Crippen molar-refractivity contribution in [3.63, 3.8) is 0 Å². The van der Waals surface area contributed by atoms with Gasteiger partial charge >= 0.3 is 0 Å². The number of nitrogens with zero attached hydrogens (tertiary/aromatic N) is 2. The topological polar surface area (TPSA) is 56.1 Å². The molecule has 0 saturated carbocycles. The maximum Gasteiger partial charge on any atom is 0.222 e. The van der Waals surface area contributed by atoms with Gasteiger partial charge in [0, 0.05) is 24.2 Å². The highest BCUT2D eigenvalue weighted by Crippen LogP contribution is 2.20. The fourth-order valence-electron chi connectivity index (χ4n) is 2.23. The molecule has 0 aliphatic carbocycles. The van der Waals surface area contributed by atoms with Gasteiger partial charge in [0.15, 0.2) is 0 Å². The average molecular weight is 366 g/mol. The molecule has 1 N–H and O–H groups in total. The van der Waals surface area contributed by atoms with Crippen LogP contribution >= 0.6 is 15.9 Å². The van der Waals surface area contributed by atoms with Gasteiger partial charge in [-0.25, -0.2) is 0 Å². The average Bonchev–Trinajstić information content (AvgIpc) is 2.78. The zero-order chi connectivity index (χ0) is 16.1. The Morgan fingerprint density at radius 3 is 2.73 bits per heavy atom. The zero-order valence-corrected chi connectivity index (χ0v) is 14.6. The van der Waals surface area contributed by atoms with Crippen molar-refractivity contribution in [2.24, 2.45) is 0 Å². The quantitative estimate of drug-likeness (QED) is 0.855. The molecule has 0 spiro atoms. The summed E-state index contributed by atoms with van der Waals surface area (Å²) in [5, 5.41) is 7.31. The molecular formula is C16H20BrN3O2. The highest BCUT2D eigenvalue weighted by molar-refractivity contribution is 9.10. The van der Waals surface area contributed by atoms with Gasteiger partial charge in [-0.2, -0.15) is 5.10 Å². The van der Waals surface area contributed by atoms with Crippen molar-refractivity contribution in [2.45, 2.75) is 33.4 Å². The summed E-state index contributed by atoms with van der Waals surface area (Å²) in [4.78, 5) is 12.0. The van der Waals surface area contributed by atoms with Crippen LogP contribution in [0.15, 0.2) is 28.7 Å². The Labute approximate surface area is 138 Å². The lowest BCUT2D eigenvalue weighted by molar-refractivity contribution is -0.121. The van der Waals surface area contributed by atoms with Crippen LogP contribution in [-0.4, -0.2) is 22.8 Å². The molecule has 0 radical (unpaired) electrons. The number of carbonyl (C=O) groups is 1. The molecule has 0 bridgehead atoms. The van der Waals surface area contributed by atoms with E-state index in [1.165, 1.54) is 0 Å². The smallest absolute Gasteiger partial charge is 0.222 e. The predicted molar refractivity (Wildman–Crippen MR) is 88.9 cm³/mol. The molecule has 0 fully saturated rings. The van der Waals surface area contributed by atoms with E-state index in [1.807, 2.05) is 42.8 Å². The summed E-state index contributed by atoms with van der Waals surface area (Å²) in [7, 11) is 1.63. The number of benzene rings is 1. The van der Waals surface area contributed by atoms with Gasteiger partial charge in [0.1, 0.15) is 5.75 Å². The summed E-state index contributed by atoms with van der Waals surface area (Å²) in [6.45, 7) is 4.95. The number of ether oxygens (including phenoxy) is 1. The molecule has 2 rings (SSSR count). The normalized spacial score (nSPS) is 10.5. The first-order chi connectivity index (χ1) is 10.5. The van der Waals surface area contributed by atoms with Crippen LogP contribution in [0.5, 0.6) is 5.75 Å². The van der Waals surface area contributed by atoms with E-state index >= 15 is 0 Å². The number of methoxy groups -OCH3 is 1. The number of aryl methyl sites for hydroxylation is 2. The summed E-state index contributed by atoms with van der Waals surface area (Å²) in [5.41, 5.74) is 2.94. The molecule has 1 amide bonds. The number of rotatable bonds is 6. The summed E-state index contributed by atoms with van der Waals surface area (Å²) in [6, 6.07) is 7.66. The van der Waals surface area contributed by atoms with Gasteiger partial charge in [-0.05, 0) is 35.8 Å². The number of nitrogens with one attached hydrogen (secondary N) is 1. The number of carbonyl (C=O) groups excluding carboxylic acids is 1. The molecular weight excluding hydrogens is 346 g/mol. The highest BCUT2D eigenvalue weighted by Gasteiger charge is 2.10. The van der Waals surface area contributed by atoms with E-state index in [0.717, 1.165) is 27.2 Å². The fourth-order valence-corrected chi connectivity index (χ4v) is 2.52. The number of aromatic nitrogens is 2. The second kappa shape index (κ2) is 7.45. The van der Waals surface area contributed by atoms with Crippen molar-refractivity contribution >= 4 is 21.8 Å². The van der Waals surface area contributed by atoms with Crippen LogP contribution in [-0.2, 0) is 17.9 Å². The monoisotopic (exact) mass is 365 g/mol. The fraction of sp³-hybridized carbons (Fsp3) is 0.375. The molecule has 22 heavy (non-hydrogen) atoms. The molecule has 0 saturated heterocycles. The van der Waals surface area contributed by atoms with Crippen LogP contribution < -0.4 is 10.1 Å². The van der Waals surface area contributed by atoms with Crippen LogP contribution in [0.1, 0.15) is 23.4 Å². The van der Waals surface area contributed by atoms with Gasteiger partial charge in [-0.3, -0.25) is 9.48 Å². The molecule has 1 aromatic carbocycles. The maximum absolute atomic E-state index is 12.0. The number of hydrogen-bond acceptors (Lipinski definition) is 3. The van der Waals surface area contributed by atoms with E-state index in [4.69, 9.17) is 4.74 Å². The Balaban J connectivity index is 1.87. The SMILES string of the molecule is COc1ccccc1CNC(=O)CCn1nc(C)c(Br)c1C. The standard InChI is InChI=1S/C16H20BrN3O2/c1-11-16(17)12(2)20(19-11)9-8-15(21)18-10-13-6-4-5-7-14(13)22-3/h4-7H,8-10H2,1-3H3,(H,18,21). The van der Waals surface area contributed by atoms with E-state index < -0.39 is 0 Å². The van der Waals surface area contributed by atoms with E-state index in [2.05, 4.69) is 26.3 Å². The molecule has 5 nitrogen and oxygen atoms in total. The van der Waals surface area contributed by atoms with E-state index in [-0.39, 0.29) is 5.91 Å². The number of amides is 1. The van der Waals surface area contributed by atoms with Gasteiger partial charge in [0.05, 0.1) is 23.8 Å². The van der Waals surface area contributed by atoms with Gasteiger partial charge in [-0.15, -0.1) is 0 Å². The minimum Gasteiger partial charge on any atom is -0.496 e. The second-order valence-electron chi connectivity index (χ2n) is 5.05. The molecule has 1 aromatic heterocycles. The van der Waals surface area contributed by atoms with Crippen molar-refractivity contribution in [1.82, 2.24) is 15.1 Å². The third-order valence-corrected chi connectivity index (χ3v) is 4.66. The largest absolute Gasteiger partial charge is 0.496 e. The molecule has 6 heteroatoms. The third-order valence-electron chi connectivity index (χ3n) is 3.51. The summed E-state index contributed by atoms with van der Waals surface area (Å²) >= 11 is 3.49. The highest BCUT2D eigenvalue weighted by atomic mass is 79.9. The van der Waals surface area contributed by atoms with Crippen LogP contribution in [0.3, 0.4) is 0 Å². The number of para-hydroxylation sites is 1. The predicted octanol–water partition coefficient (Wildman–Crippen LogP) is 2.98. The molecule has 1 heterocycles. The van der Waals surface area contributed by atoms with Crippen LogP contribution in [0, 0.1) is 13.8 Å². The minimum absolute atomic E-state index is 0.00502. The lowest BCUT2D eigenvalue weighted by atomic mass is 10.2. The third kappa shape index (κ3) is 3.88. The molecule has 2 aromatic rings. The zero-order valence-electron chi connectivity index (χ0n) is 13.0. The Hall–Kier alpha value is -1.82. The van der Waals surface area contributed by atoms with E-state index in [9.17, 15) is 4.79 Å². The van der Waals surface area contributed by atoms with E-state index in [1.54, 1.807) is 7.11 Å². The van der Waals surface area contributed by atoms with Crippen molar-refractivity contribution in [1.29, 1.82) is 0 Å². The Kier molecular flexibility index (Phi) is 5.60. The van der Waals surface area contributed by atoms with Crippen molar-refractivity contribution in [2.75, 3.05) is 7.11 Å². The van der Waals surface area contributed by atoms with Crippen LogP contribution in [0.4, 0.5) is 0 Å². The second-order valence-corrected chi connectivity index (χ2v) is 5.84. The minimum atomic E-state index is -0.00502. The van der Waals surface area contributed by atoms with Gasteiger partial charge in [0.25, 0.3) is 0 Å². The molecule has 0 unspecified atom stereocenters. The number of halogens is 1. The lowest BCUT2D eigenvalue weighted by Gasteiger charge is -2.10. The first-order valence-electron chi connectivity index (χ1n) is 7.11. The Morgan fingerprint density at radius 1 is 1.36 bits per heavy atom. The Morgan fingerprint density at radius 2 is 2.09 bits per heavy atom. The van der Waals surface area contributed by atoms with Crippen LogP contribution in [0.2, 0.25) is 0 Å². The van der Waals surface area contributed by atoms with Gasteiger partial charge < -0.3 is 10.1 Å². The van der Waals surface area contributed by atoms with Gasteiger partial charge in [0.2, 0.25) is 5.91 Å². The van der Waals surface area contributed by atoms with Crippen LogP contribution in [0.25, 0.3) is 0 Å². The molecule has 0 aliphatic rings.